The molecule has 0 unspecified atom stereocenters. The zero-order valence-corrected chi connectivity index (χ0v) is 3.74. The molecule has 3 heteroatoms. The lowest BCUT2D eigenvalue weighted by molar-refractivity contribution is 0.155. The van der Waals surface area contributed by atoms with Crippen LogP contribution in [0.5, 0.6) is 0 Å². The SMILES string of the molecule is NOCCS. The molecule has 0 aliphatic rings. The number of nitrogens with two attached hydrogens (primary N) is 1. The monoisotopic (exact) mass is 93.0 g/mol. The van der Waals surface area contributed by atoms with Gasteiger partial charge in [0.2, 0.25) is 0 Å². The highest BCUT2D eigenvalue weighted by molar-refractivity contribution is 7.80. The van der Waals surface area contributed by atoms with Crippen molar-refractivity contribution < 1.29 is 4.84 Å². The molecule has 2 nitrogen and oxygen atoms in total. The summed E-state index contributed by atoms with van der Waals surface area (Å²) in [5, 5.41) is 0. The van der Waals surface area contributed by atoms with Crippen LogP contribution in [0.1, 0.15) is 0 Å². The lowest BCUT2D eigenvalue weighted by atomic mass is 10.9. The Bertz CT molecular complexity index is 17.1. The average molecular weight is 93.2 g/mol. The molecule has 0 radical (unpaired) electrons. The number of rotatable bonds is 2. The second kappa shape index (κ2) is 4.27. The van der Waals surface area contributed by atoms with E-state index in [4.69, 9.17) is 0 Å². The standard InChI is InChI=1S/C2H7NOS/c3-4-1-2-5/h5H,1-3H2. The average Bonchev–Trinajstić information content (AvgIpc) is 1.41. The van der Waals surface area contributed by atoms with Crippen LogP contribution in [0, 0.1) is 0 Å². The third-order valence-corrected chi connectivity index (χ3v) is 0.392. The largest absolute Gasteiger partial charge is 0.304 e. The van der Waals surface area contributed by atoms with Crippen molar-refractivity contribution in [1.29, 1.82) is 0 Å². The first kappa shape index (κ1) is 5.27. The summed E-state index contributed by atoms with van der Waals surface area (Å²) in [5.74, 6) is 5.28. The zero-order chi connectivity index (χ0) is 4.12. The van der Waals surface area contributed by atoms with Gasteiger partial charge in [0.1, 0.15) is 0 Å². The zero-order valence-electron chi connectivity index (χ0n) is 2.85. The van der Waals surface area contributed by atoms with Gasteiger partial charge in [-0.2, -0.15) is 12.6 Å². The topological polar surface area (TPSA) is 35.2 Å². The molecule has 32 valence electrons. The predicted octanol–water partition coefficient (Wildman–Crippen LogP) is -0.193. The van der Waals surface area contributed by atoms with E-state index < -0.39 is 0 Å². The minimum atomic E-state index is 0.531. The van der Waals surface area contributed by atoms with Gasteiger partial charge < -0.3 is 4.84 Å². The number of hydrogen-bond acceptors (Lipinski definition) is 3. The molecule has 2 N–H and O–H groups in total. The third kappa shape index (κ3) is 4.27. The summed E-state index contributed by atoms with van der Waals surface area (Å²) in [6, 6.07) is 0. The van der Waals surface area contributed by atoms with Crippen molar-refractivity contribution in [3.63, 3.8) is 0 Å². The van der Waals surface area contributed by atoms with Gasteiger partial charge in [-0.3, -0.25) is 0 Å². The first-order chi connectivity index (χ1) is 2.41. The highest BCUT2D eigenvalue weighted by atomic mass is 32.1. The summed E-state index contributed by atoms with van der Waals surface area (Å²) in [4.78, 5) is 4.11. The highest BCUT2D eigenvalue weighted by Gasteiger charge is 1.67. The lowest BCUT2D eigenvalue weighted by Gasteiger charge is -1.83. The molecule has 0 heterocycles. The Morgan fingerprint density at radius 3 is 2.40 bits per heavy atom. The molecule has 0 aromatic heterocycles. The van der Waals surface area contributed by atoms with Crippen LogP contribution in [-0.2, 0) is 4.84 Å². The Morgan fingerprint density at radius 2 is 2.40 bits per heavy atom. The van der Waals surface area contributed by atoms with Gasteiger partial charge in [0.15, 0.2) is 0 Å². The summed E-state index contributed by atoms with van der Waals surface area (Å²) in [7, 11) is 0. The Morgan fingerprint density at radius 1 is 1.80 bits per heavy atom. The van der Waals surface area contributed by atoms with E-state index in [1.807, 2.05) is 0 Å². The molecule has 0 saturated heterocycles. The van der Waals surface area contributed by atoms with Crippen molar-refractivity contribution in [3.05, 3.63) is 0 Å². The van der Waals surface area contributed by atoms with Gasteiger partial charge in [0.25, 0.3) is 0 Å². The highest BCUT2D eigenvalue weighted by Crippen LogP contribution is 1.67. The molecular formula is C2H7NOS. The second-order valence-electron chi connectivity index (χ2n) is 0.594. The maximum absolute atomic E-state index is 4.59. The molecule has 0 aromatic rings. The fraction of sp³-hybridized carbons (Fsp3) is 1.00. The summed E-state index contributed by atoms with van der Waals surface area (Å²) in [6.07, 6.45) is 0. The van der Waals surface area contributed by atoms with Crippen molar-refractivity contribution in [3.8, 4) is 0 Å². The van der Waals surface area contributed by atoms with Crippen molar-refractivity contribution >= 4 is 12.6 Å². The van der Waals surface area contributed by atoms with Crippen molar-refractivity contribution in [1.82, 2.24) is 0 Å². The van der Waals surface area contributed by atoms with Crippen molar-refractivity contribution in [2.75, 3.05) is 12.4 Å². The Hall–Kier alpha value is 0.270. The van der Waals surface area contributed by atoms with E-state index in [1.165, 1.54) is 0 Å². The lowest BCUT2D eigenvalue weighted by Crippen LogP contribution is -2.00. The fourth-order valence-electron chi connectivity index (χ4n) is 0.0527. The van der Waals surface area contributed by atoms with Crippen LogP contribution in [0.15, 0.2) is 0 Å². The van der Waals surface area contributed by atoms with Crippen LogP contribution < -0.4 is 5.90 Å². The summed E-state index contributed by atoms with van der Waals surface area (Å²) >= 11 is 3.80. The van der Waals surface area contributed by atoms with E-state index in [-0.39, 0.29) is 0 Å². The quantitative estimate of drug-likeness (QED) is 0.366. The third-order valence-electron chi connectivity index (χ3n) is 0.209. The molecule has 5 heavy (non-hydrogen) atoms. The minimum Gasteiger partial charge on any atom is -0.304 e. The predicted molar refractivity (Wildman–Crippen MR) is 24.0 cm³/mol. The molecule has 0 bridgehead atoms. The van der Waals surface area contributed by atoms with Gasteiger partial charge in [-0.25, -0.2) is 5.90 Å². The molecule has 0 fully saturated rings. The van der Waals surface area contributed by atoms with Crippen molar-refractivity contribution in [2.45, 2.75) is 0 Å². The Labute approximate surface area is 36.7 Å². The van der Waals surface area contributed by atoms with Crippen molar-refractivity contribution in [2.24, 2.45) is 5.90 Å². The molecule has 0 aromatic carbocycles. The smallest absolute Gasteiger partial charge is 0.0767 e. The van der Waals surface area contributed by atoms with E-state index in [1.54, 1.807) is 0 Å². The molecule has 0 aliphatic carbocycles. The maximum atomic E-state index is 4.59. The Kier molecular flexibility index (Phi) is 4.50. The molecule has 0 aliphatic heterocycles. The van der Waals surface area contributed by atoms with Crippen LogP contribution >= 0.6 is 12.6 Å². The Balaban J connectivity index is 2.19. The molecule has 0 spiro atoms. The normalized spacial score (nSPS) is 8.40. The van der Waals surface area contributed by atoms with Gasteiger partial charge in [-0.15, -0.1) is 0 Å². The van der Waals surface area contributed by atoms with E-state index in [9.17, 15) is 0 Å². The van der Waals surface area contributed by atoms with Crippen LogP contribution in [0.25, 0.3) is 0 Å². The summed E-state index contributed by atoms with van der Waals surface area (Å²) < 4.78 is 0. The van der Waals surface area contributed by atoms with Crippen LogP contribution in [-0.4, -0.2) is 12.4 Å². The molecule has 0 atom stereocenters. The van der Waals surface area contributed by atoms with Crippen LogP contribution in [0.4, 0.5) is 0 Å². The maximum Gasteiger partial charge on any atom is 0.0767 e. The van der Waals surface area contributed by atoms with E-state index in [0.717, 1.165) is 0 Å². The molecular weight excluding hydrogens is 86.1 g/mol. The molecule has 0 saturated carbocycles. The van der Waals surface area contributed by atoms with Gasteiger partial charge in [-0.05, 0) is 0 Å². The van der Waals surface area contributed by atoms with Crippen LogP contribution in [0.2, 0.25) is 0 Å². The first-order valence-electron chi connectivity index (χ1n) is 1.34. The van der Waals surface area contributed by atoms with Gasteiger partial charge in [0.05, 0.1) is 6.61 Å². The van der Waals surface area contributed by atoms with Crippen LogP contribution in [0.3, 0.4) is 0 Å². The molecule has 0 amide bonds. The number of thiol groups is 1. The van der Waals surface area contributed by atoms with Gasteiger partial charge >= 0.3 is 0 Å². The van der Waals surface area contributed by atoms with E-state index in [2.05, 4.69) is 23.4 Å². The summed E-state index contributed by atoms with van der Waals surface area (Å²) in [6.45, 7) is 0.531. The fourth-order valence-corrected chi connectivity index (χ4v) is 0.158. The minimum absolute atomic E-state index is 0.531. The van der Waals surface area contributed by atoms with E-state index >= 15 is 0 Å². The molecule has 0 rings (SSSR count). The van der Waals surface area contributed by atoms with Gasteiger partial charge in [-0.1, -0.05) is 0 Å². The number of hydrogen-bond donors (Lipinski definition) is 2. The second-order valence-corrected chi connectivity index (χ2v) is 1.04. The summed E-state index contributed by atoms with van der Waals surface area (Å²) in [5.41, 5.74) is 0. The van der Waals surface area contributed by atoms with E-state index in [0.29, 0.717) is 12.4 Å². The van der Waals surface area contributed by atoms with Gasteiger partial charge in [0, 0.05) is 5.75 Å². The first-order valence-corrected chi connectivity index (χ1v) is 1.97.